The van der Waals surface area contributed by atoms with Gasteiger partial charge in [-0.15, -0.1) is 0 Å². The standard InChI is InChI=1S/C16H16F2N6O/c1-23-15-11(6-20-23)14(19)21-16(22-15)24-7-9(25)5-13(24)10-4-8(17)2-3-12(10)18/h2-4,6,9,13,25H,5,7H2,1H3,(H2,19,21,22). The van der Waals surface area contributed by atoms with Crippen molar-refractivity contribution in [2.45, 2.75) is 18.6 Å². The van der Waals surface area contributed by atoms with Crippen molar-refractivity contribution in [2.75, 3.05) is 17.2 Å². The molecule has 0 bridgehead atoms. The van der Waals surface area contributed by atoms with Gasteiger partial charge in [0.2, 0.25) is 5.95 Å². The molecule has 1 aliphatic heterocycles. The molecule has 1 aliphatic rings. The smallest absolute Gasteiger partial charge is 0.229 e. The Morgan fingerprint density at radius 1 is 1.28 bits per heavy atom. The van der Waals surface area contributed by atoms with Gasteiger partial charge in [0, 0.05) is 19.2 Å². The zero-order valence-electron chi connectivity index (χ0n) is 13.4. The highest BCUT2D eigenvalue weighted by molar-refractivity contribution is 5.86. The van der Waals surface area contributed by atoms with E-state index < -0.39 is 23.8 Å². The molecule has 7 nitrogen and oxygen atoms in total. The Morgan fingerprint density at radius 3 is 2.88 bits per heavy atom. The summed E-state index contributed by atoms with van der Waals surface area (Å²) in [5, 5.41) is 14.8. The number of aliphatic hydroxyl groups is 1. The predicted octanol–water partition coefficient (Wildman–Crippen LogP) is 1.54. The number of anilines is 2. The van der Waals surface area contributed by atoms with Crippen molar-refractivity contribution in [3.05, 3.63) is 41.6 Å². The summed E-state index contributed by atoms with van der Waals surface area (Å²) in [6, 6.07) is 2.69. The van der Waals surface area contributed by atoms with Crippen LogP contribution in [0.5, 0.6) is 0 Å². The molecule has 130 valence electrons. The van der Waals surface area contributed by atoms with Crippen molar-refractivity contribution < 1.29 is 13.9 Å². The van der Waals surface area contributed by atoms with Crippen molar-refractivity contribution in [3.63, 3.8) is 0 Å². The molecule has 4 rings (SSSR count). The molecule has 1 aromatic carbocycles. The molecule has 0 saturated carbocycles. The van der Waals surface area contributed by atoms with E-state index in [-0.39, 0.29) is 30.3 Å². The molecule has 1 fully saturated rings. The average Bonchev–Trinajstić information content (AvgIpc) is 3.13. The molecule has 3 aromatic rings. The summed E-state index contributed by atoms with van der Waals surface area (Å²) >= 11 is 0. The number of fused-ring (bicyclic) bond motifs is 1. The van der Waals surface area contributed by atoms with Gasteiger partial charge in [-0.1, -0.05) is 0 Å². The zero-order valence-corrected chi connectivity index (χ0v) is 13.4. The zero-order chi connectivity index (χ0) is 17.7. The van der Waals surface area contributed by atoms with E-state index >= 15 is 0 Å². The van der Waals surface area contributed by atoms with Crippen molar-refractivity contribution in [2.24, 2.45) is 7.05 Å². The van der Waals surface area contributed by atoms with E-state index in [2.05, 4.69) is 15.1 Å². The van der Waals surface area contributed by atoms with E-state index in [4.69, 9.17) is 5.73 Å². The molecule has 3 N–H and O–H groups in total. The van der Waals surface area contributed by atoms with Crippen LogP contribution in [0.1, 0.15) is 18.0 Å². The molecule has 0 amide bonds. The van der Waals surface area contributed by atoms with Crippen molar-refractivity contribution >= 4 is 22.8 Å². The monoisotopic (exact) mass is 346 g/mol. The number of nitrogen functional groups attached to an aromatic ring is 1. The van der Waals surface area contributed by atoms with Gasteiger partial charge in [0.15, 0.2) is 5.65 Å². The quantitative estimate of drug-likeness (QED) is 0.731. The first-order valence-corrected chi connectivity index (χ1v) is 7.79. The molecule has 2 aromatic heterocycles. The number of β-amino-alcohol motifs (C(OH)–C–C–N with tert-alkyl or cyclic N) is 1. The average molecular weight is 346 g/mol. The third-order valence-corrected chi connectivity index (χ3v) is 4.46. The minimum Gasteiger partial charge on any atom is -0.391 e. The normalized spacial score (nSPS) is 20.6. The molecule has 0 spiro atoms. The Kier molecular flexibility index (Phi) is 3.53. The van der Waals surface area contributed by atoms with E-state index in [1.807, 2.05) is 0 Å². The minimum absolute atomic E-state index is 0.156. The van der Waals surface area contributed by atoms with E-state index in [1.165, 1.54) is 0 Å². The van der Waals surface area contributed by atoms with Crippen LogP contribution in [0.15, 0.2) is 24.4 Å². The topological polar surface area (TPSA) is 93.1 Å². The lowest BCUT2D eigenvalue weighted by Gasteiger charge is -2.25. The molecular weight excluding hydrogens is 330 g/mol. The minimum atomic E-state index is -0.709. The van der Waals surface area contributed by atoms with Crippen LogP contribution in [-0.2, 0) is 7.05 Å². The second-order valence-electron chi connectivity index (χ2n) is 6.14. The summed E-state index contributed by atoms with van der Waals surface area (Å²) in [6.45, 7) is 0.198. The maximum absolute atomic E-state index is 14.2. The lowest BCUT2D eigenvalue weighted by atomic mass is 10.0. The Balaban J connectivity index is 1.82. The fourth-order valence-corrected chi connectivity index (χ4v) is 3.26. The lowest BCUT2D eigenvalue weighted by molar-refractivity contribution is 0.194. The van der Waals surface area contributed by atoms with Crippen LogP contribution in [-0.4, -0.2) is 37.5 Å². The summed E-state index contributed by atoms with van der Waals surface area (Å²) < 4.78 is 29.4. The van der Waals surface area contributed by atoms with Crippen LogP contribution >= 0.6 is 0 Å². The van der Waals surface area contributed by atoms with Crippen LogP contribution in [0.25, 0.3) is 11.0 Å². The molecule has 1 saturated heterocycles. The van der Waals surface area contributed by atoms with Crippen molar-refractivity contribution in [3.8, 4) is 0 Å². The van der Waals surface area contributed by atoms with Crippen molar-refractivity contribution in [1.82, 2.24) is 19.7 Å². The second-order valence-corrected chi connectivity index (χ2v) is 6.14. The number of aryl methyl sites for hydroxylation is 1. The van der Waals surface area contributed by atoms with E-state index in [0.717, 1.165) is 18.2 Å². The lowest BCUT2D eigenvalue weighted by Crippen LogP contribution is -2.27. The number of nitrogens with zero attached hydrogens (tertiary/aromatic N) is 5. The van der Waals surface area contributed by atoms with E-state index in [9.17, 15) is 13.9 Å². The fraction of sp³-hybridized carbons (Fsp3) is 0.312. The number of benzene rings is 1. The van der Waals surface area contributed by atoms with Crippen LogP contribution in [0.4, 0.5) is 20.5 Å². The number of nitrogens with two attached hydrogens (primary N) is 1. The maximum Gasteiger partial charge on any atom is 0.229 e. The first kappa shape index (κ1) is 15.7. The van der Waals surface area contributed by atoms with Gasteiger partial charge >= 0.3 is 0 Å². The highest BCUT2D eigenvalue weighted by atomic mass is 19.1. The number of aliphatic hydroxyl groups excluding tert-OH is 1. The summed E-state index contributed by atoms with van der Waals surface area (Å²) in [5.41, 5.74) is 6.67. The summed E-state index contributed by atoms with van der Waals surface area (Å²) in [5.74, 6) is -0.591. The Hall–Kier alpha value is -2.81. The Labute approximate surface area is 141 Å². The largest absolute Gasteiger partial charge is 0.391 e. The van der Waals surface area contributed by atoms with Gasteiger partial charge in [-0.3, -0.25) is 4.68 Å². The SMILES string of the molecule is Cn1ncc2c(N)nc(N3CC(O)CC3c3cc(F)ccc3F)nc21. The summed E-state index contributed by atoms with van der Waals surface area (Å²) in [6.07, 6.45) is 1.10. The van der Waals surface area contributed by atoms with Crippen LogP contribution in [0.2, 0.25) is 0 Å². The molecule has 9 heteroatoms. The van der Waals surface area contributed by atoms with Gasteiger partial charge in [0.25, 0.3) is 0 Å². The van der Waals surface area contributed by atoms with Gasteiger partial charge in [-0.2, -0.15) is 15.1 Å². The van der Waals surface area contributed by atoms with Crippen LogP contribution in [0, 0.1) is 11.6 Å². The van der Waals surface area contributed by atoms with E-state index in [0.29, 0.717) is 11.0 Å². The third-order valence-electron chi connectivity index (χ3n) is 4.46. The highest BCUT2D eigenvalue weighted by Gasteiger charge is 2.36. The van der Waals surface area contributed by atoms with Gasteiger partial charge in [-0.05, 0) is 24.6 Å². The fourth-order valence-electron chi connectivity index (χ4n) is 3.26. The molecule has 2 unspecified atom stereocenters. The first-order valence-electron chi connectivity index (χ1n) is 7.79. The number of hydrogen-bond acceptors (Lipinski definition) is 6. The van der Waals surface area contributed by atoms with Crippen LogP contribution in [0.3, 0.4) is 0 Å². The molecule has 3 heterocycles. The van der Waals surface area contributed by atoms with Crippen LogP contribution < -0.4 is 10.6 Å². The molecular formula is C16H16F2N6O. The number of halogens is 2. The number of rotatable bonds is 2. The number of aromatic nitrogens is 4. The molecule has 25 heavy (non-hydrogen) atoms. The Bertz CT molecular complexity index is 959. The first-order chi connectivity index (χ1) is 11.9. The predicted molar refractivity (Wildman–Crippen MR) is 87.8 cm³/mol. The van der Waals surface area contributed by atoms with E-state index in [1.54, 1.807) is 22.8 Å². The highest BCUT2D eigenvalue weighted by Crippen LogP contribution is 2.37. The van der Waals surface area contributed by atoms with Gasteiger partial charge in [-0.25, -0.2) is 8.78 Å². The molecule has 0 aliphatic carbocycles. The second kappa shape index (κ2) is 5.62. The third kappa shape index (κ3) is 2.56. The Morgan fingerprint density at radius 2 is 2.08 bits per heavy atom. The summed E-state index contributed by atoms with van der Waals surface area (Å²) in [7, 11) is 1.72. The van der Waals surface area contributed by atoms with Gasteiger partial charge in [0.1, 0.15) is 17.5 Å². The molecule has 0 radical (unpaired) electrons. The molecule has 2 atom stereocenters. The maximum atomic E-state index is 14.2. The van der Waals surface area contributed by atoms with Gasteiger partial charge < -0.3 is 15.7 Å². The number of hydrogen-bond donors (Lipinski definition) is 2. The summed E-state index contributed by atoms with van der Waals surface area (Å²) in [4.78, 5) is 10.4. The van der Waals surface area contributed by atoms with Crippen molar-refractivity contribution in [1.29, 1.82) is 0 Å². The van der Waals surface area contributed by atoms with Gasteiger partial charge in [0.05, 0.1) is 23.7 Å².